The van der Waals surface area contributed by atoms with Crippen molar-refractivity contribution in [2.24, 2.45) is 0 Å². The number of nitrogens with zero attached hydrogens (tertiary/aromatic N) is 1. The van der Waals surface area contributed by atoms with Gasteiger partial charge < -0.3 is 16.2 Å². The van der Waals surface area contributed by atoms with Gasteiger partial charge in [-0.3, -0.25) is 4.79 Å². The van der Waals surface area contributed by atoms with Crippen molar-refractivity contribution in [3.63, 3.8) is 0 Å². The molecule has 0 unspecified atom stereocenters. The normalized spacial score (nSPS) is 12.5. The summed E-state index contributed by atoms with van der Waals surface area (Å²) in [5.41, 5.74) is 9.73. The van der Waals surface area contributed by atoms with Gasteiger partial charge in [0.25, 0.3) is 5.91 Å². The van der Waals surface area contributed by atoms with Crippen LogP contribution in [0.15, 0.2) is 65.7 Å². The largest absolute Gasteiger partial charge is 0.387 e. The van der Waals surface area contributed by atoms with Gasteiger partial charge in [0, 0.05) is 28.5 Å². The van der Waals surface area contributed by atoms with Crippen LogP contribution in [0.3, 0.4) is 0 Å². The number of nitrogen functional groups attached to an aromatic ring is 1. The summed E-state index contributed by atoms with van der Waals surface area (Å²) in [6.07, 6.45) is 2.69. The van der Waals surface area contributed by atoms with Crippen LogP contribution < -0.4 is 15.8 Å². The van der Waals surface area contributed by atoms with Crippen LogP contribution in [0.4, 0.5) is 5.82 Å². The summed E-state index contributed by atoms with van der Waals surface area (Å²) in [6, 6.07) is 17.0. The van der Waals surface area contributed by atoms with Gasteiger partial charge in [-0.15, -0.1) is 11.8 Å². The Bertz CT molecular complexity index is 1280. The summed E-state index contributed by atoms with van der Waals surface area (Å²) in [7, 11) is -3.65. The number of nitrogens with two attached hydrogens (primary N) is 1. The third-order valence-electron chi connectivity index (χ3n) is 5.28. The van der Waals surface area contributed by atoms with Crippen molar-refractivity contribution >= 4 is 33.5 Å². The molecule has 0 aliphatic rings. The van der Waals surface area contributed by atoms with Crippen molar-refractivity contribution in [1.82, 2.24) is 15.0 Å². The Labute approximate surface area is 216 Å². The molecule has 5 N–H and O–H groups in total. The van der Waals surface area contributed by atoms with Crippen molar-refractivity contribution in [2.75, 3.05) is 25.1 Å². The minimum absolute atomic E-state index is 0.217. The van der Waals surface area contributed by atoms with Crippen LogP contribution in [0, 0.1) is 0 Å². The van der Waals surface area contributed by atoms with Crippen LogP contribution in [0.5, 0.6) is 0 Å². The van der Waals surface area contributed by atoms with Gasteiger partial charge in [-0.1, -0.05) is 50.2 Å². The monoisotopic (exact) mass is 528 g/mol. The predicted molar refractivity (Wildman–Crippen MR) is 145 cm³/mol. The lowest BCUT2D eigenvalue weighted by Crippen LogP contribution is -2.29. The number of aromatic nitrogens is 1. The third-order valence-corrected chi connectivity index (χ3v) is 6.90. The second kappa shape index (κ2) is 12.4. The molecule has 1 heterocycles. The van der Waals surface area contributed by atoms with Gasteiger partial charge in [0.2, 0.25) is 10.0 Å². The number of hydrogen-bond donors (Lipinski definition) is 4. The van der Waals surface area contributed by atoms with E-state index in [0.29, 0.717) is 24.5 Å². The molecule has 1 atom stereocenters. The first-order chi connectivity index (χ1) is 17.0. The maximum Gasteiger partial charge on any atom is 0.265 e. The van der Waals surface area contributed by atoms with E-state index in [2.05, 4.69) is 22.4 Å². The summed E-state index contributed by atoms with van der Waals surface area (Å²) in [5, 5.41) is 13.7. The number of aliphatic hydroxyl groups excluding tert-OH is 1. The molecule has 0 bridgehead atoms. The van der Waals surface area contributed by atoms with Crippen LogP contribution >= 0.6 is 11.8 Å². The number of carbonyl (C=O) groups is 1. The molecule has 192 valence electrons. The number of aliphatic hydroxyl groups is 1. The number of hydrogen-bond acceptors (Lipinski definition) is 8. The first-order valence-electron chi connectivity index (χ1n) is 11.5. The second-order valence-corrected chi connectivity index (χ2v) is 12.1. The Morgan fingerprint density at radius 2 is 1.78 bits per heavy atom. The second-order valence-electron chi connectivity index (χ2n) is 8.76. The molecule has 1 aromatic heterocycles. The van der Waals surface area contributed by atoms with Crippen molar-refractivity contribution in [1.29, 1.82) is 0 Å². The quantitative estimate of drug-likeness (QED) is 0.220. The van der Waals surface area contributed by atoms with Crippen molar-refractivity contribution in [3.05, 3.63) is 77.5 Å². The standard InChI is InChI=1S/C26H32N4O4S2/c1-17(2)35-24-14-20(8-10-22(24)26(32)30-36(3,33)34)19-6-4-18(5-7-19)12-13-28-16-23(31)21-9-11-25(27)29-15-21/h4-11,14-15,17,23,28,31H,12-13,16H2,1-3H3,(H2,27,29)(H,30,32)/t23-/m0/s1. The Balaban J connectivity index is 1.62. The number of anilines is 1. The Kier molecular flexibility index (Phi) is 9.49. The lowest BCUT2D eigenvalue weighted by Gasteiger charge is -2.14. The smallest absolute Gasteiger partial charge is 0.265 e. The zero-order chi connectivity index (χ0) is 26.3. The predicted octanol–water partition coefficient (Wildman–Crippen LogP) is 3.39. The van der Waals surface area contributed by atoms with Gasteiger partial charge in [-0.05, 0) is 47.9 Å². The fraction of sp³-hybridized carbons (Fsp3) is 0.308. The van der Waals surface area contributed by atoms with Crippen LogP contribution in [0.1, 0.15) is 41.4 Å². The van der Waals surface area contributed by atoms with Gasteiger partial charge in [0.05, 0.1) is 17.9 Å². The van der Waals surface area contributed by atoms with E-state index in [0.717, 1.165) is 39.8 Å². The van der Waals surface area contributed by atoms with E-state index >= 15 is 0 Å². The van der Waals surface area contributed by atoms with E-state index in [1.807, 2.05) is 42.8 Å². The van der Waals surface area contributed by atoms with Crippen LogP contribution in [0.25, 0.3) is 11.1 Å². The summed E-state index contributed by atoms with van der Waals surface area (Å²) >= 11 is 1.51. The molecule has 0 aliphatic carbocycles. The molecule has 0 saturated heterocycles. The maximum absolute atomic E-state index is 12.5. The molecular weight excluding hydrogens is 496 g/mol. The molecule has 0 spiro atoms. The van der Waals surface area contributed by atoms with Gasteiger partial charge in [0.1, 0.15) is 5.82 Å². The van der Waals surface area contributed by atoms with Crippen molar-refractivity contribution < 1.29 is 18.3 Å². The van der Waals surface area contributed by atoms with Gasteiger partial charge in [-0.2, -0.15) is 0 Å². The summed E-state index contributed by atoms with van der Waals surface area (Å²) in [5.74, 6) is -0.210. The highest BCUT2D eigenvalue weighted by Crippen LogP contribution is 2.32. The topological polar surface area (TPSA) is 134 Å². The molecule has 0 saturated carbocycles. The molecule has 1 amide bonds. The molecule has 10 heteroatoms. The number of sulfonamides is 1. The fourth-order valence-electron chi connectivity index (χ4n) is 3.53. The average molecular weight is 529 g/mol. The lowest BCUT2D eigenvalue weighted by molar-refractivity contribution is 0.0979. The molecule has 36 heavy (non-hydrogen) atoms. The first-order valence-corrected chi connectivity index (χ1v) is 14.3. The molecule has 8 nitrogen and oxygen atoms in total. The van der Waals surface area contributed by atoms with E-state index < -0.39 is 22.0 Å². The highest BCUT2D eigenvalue weighted by Gasteiger charge is 2.17. The number of rotatable bonds is 11. The summed E-state index contributed by atoms with van der Waals surface area (Å²) in [6.45, 7) is 5.16. The third kappa shape index (κ3) is 8.34. The van der Waals surface area contributed by atoms with Gasteiger partial charge >= 0.3 is 0 Å². The Morgan fingerprint density at radius 3 is 2.39 bits per heavy atom. The summed E-state index contributed by atoms with van der Waals surface area (Å²) in [4.78, 5) is 17.2. The molecule has 2 aromatic carbocycles. The van der Waals surface area contributed by atoms with E-state index in [-0.39, 0.29) is 5.25 Å². The lowest BCUT2D eigenvalue weighted by atomic mass is 10.0. The van der Waals surface area contributed by atoms with E-state index in [1.54, 1.807) is 24.4 Å². The molecule has 0 fully saturated rings. The molecule has 0 radical (unpaired) electrons. The molecule has 0 aliphatic heterocycles. The highest BCUT2D eigenvalue weighted by atomic mass is 32.2. The van der Waals surface area contributed by atoms with E-state index in [1.165, 1.54) is 11.8 Å². The number of benzene rings is 2. The molecular formula is C26H32N4O4S2. The van der Waals surface area contributed by atoms with E-state index in [9.17, 15) is 18.3 Å². The maximum atomic E-state index is 12.5. The van der Waals surface area contributed by atoms with Gasteiger partial charge in [-0.25, -0.2) is 18.1 Å². The minimum Gasteiger partial charge on any atom is -0.387 e. The number of thioether (sulfide) groups is 1. The van der Waals surface area contributed by atoms with Crippen molar-refractivity contribution in [3.8, 4) is 11.1 Å². The van der Waals surface area contributed by atoms with Gasteiger partial charge in [0.15, 0.2) is 0 Å². The Hall–Kier alpha value is -2.92. The zero-order valence-corrected chi connectivity index (χ0v) is 22.2. The minimum atomic E-state index is -3.65. The number of nitrogens with one attached hydrogen (secondary N) is 2. The van der Waals surface area contributed by atoms with E-state index in [4.69, 9.17) is 5.73 Å². The molecule has 3 aromatic rings. The van der Waals surface area contributed by atoms with Crippen LogP contribution in [0.2, 0.25) is 0 Å². The average Bonchev–Trinajstić information content (AvgIpc) is 2.81. The highest BCUT2D eigenvalue weighted by molar-refractivity contribution is 8.00. The Morgan fingerprint density at radius 1 is 1.08 bits per heavy atom. The van der Waals surface area contributed by atoms with Crippen LogP contribution in [-0.2, 0) is 16.4 Å². The first kappa shape index (κ1) is 27.7. The van der Waals surface area contributed by atoms with Crippen LogP contribution in [-0.4, -0.2) is 49.0 Å². The number of amides is 1. The molecule has 3 rings (SSSR count). The fourth-order valence-corrected chi connectivity index (χ4v) is 4.97. The SMILES string of the molecule is CC(C)Sc1cc(-c2ccc(CCNC[C@H](O)c3ccc(N)nc3)cc2)ccc1C(=O)NS(C)(=O)=O. The number of carbonyl (C=O) groups excluding carboxylic acids is 1. The summed E-state index contributed by atoms with van der Waals surface area (Å²) < 4.78 is 25.1. The van der Waals surface area contributed by atoms with Crippen molar-refractivity contribution in [2.45, 2.75) is 36.5 Å². The number of pyridine rings is 1. The zero-order valence-electron chi connectivity index (χ0n) is 20.6.